The number of anilines is 2. The fraction of sp³-hybridized carbons (Fsp3) is 0.600. The molecule has 1 unspecified atom stereocenters. The predicted octanol–water partition coefficient (Wildman–Crippen LogP) is 2.66. The molecule has 0 spiro atoms. The van der Waals surface area contributed by atoms with Crippen LogP contribution in [0.25, 0.3) is 0 Å². The van der Waals surface area contributed by atoms with Crippen LogP contribution in [-0.4, -0.2) is 42.6 Å². The van der Waals surface area contributed by atoms with Crippen molar-refractivity contribution in [3.8, 4) is 0 Å². The molecule has 0 radical (unpaired) electrons. The number of nitrogens with one attached hydrogen (secondary N) is 2. The van der Waals surface area contributed by atoms with Gasteiger partial charge in [0.15, 0.2) is 9.84 Å². The minimum Gasteiger partial charge on any atom is -0.444 e. The highest BCUT2D eigenvalue weighted by Crippen LogP contribution is 2.13. The second-order valence-corrected chi connectivity index (χ2v) is 8.70. The van der Waals surface area contributed by atoms with Crippen LogP contribution in [0.3, 0.4) is 0 Å². The van der Waals surface area contributed by atoms with Gasteiger partial charge in [0, 0.05) is 11.8 Å². The van der Waals surface area contributed by atoms with Gasteiger partial charge >= 0.3 is 6.09 Å². The van der Waals surface area contributed by atoms with Crippen LogP contribution in [0.1, 0.15) is 34.6 Å². The molecule has 0 aromatic carbocycles. The maximum atomic E-state index is 11.6. The Morgan fingerprint density at radius 2 is 2.00 bits per heavy atom. The molecular formula is C15H25N3O4S. The first-order valence-corrected chi connectivity index (χ1v) is 9.26. The zero-order chi connectivity index (χ0) is 17.7. The Labute approximate surface area is 137 Å². The van der Waals surface area contributed by atoms with Crippen LogP contribution in [0, 0.1) is 0 Å². The summed E-state index contributed by atoms with van der Waals surface area (Å²) in [6.45, 7) is 8.75. The van der Waals surface area contributed by atoms with Crippen LogP contribution in [0.5, 0.6) is 0 Å². The third kappa shape index (κ3) is 7.83. The number of sulfone groups is 1. The third-order valence-corrected chi connectivity index (χ3v) is 4.64. The van der Waals surface area contributed by atoms with Crippen molar-refractivity contribution in [3.63, 3.8) is 0 Å². The van der Waals surface area contributed by atoms with Crippen molar-refractivity contribution in [2.24, 2.45) is 0 Å². The second-order valence-electron chi connectivity index (χ2n) is 6.30. The van der Waals surface area contributed by atoms with Gasteiger partial charge in [0.05, 0.1) is 17.6 Å². The molecule has 1 aromatic rings. The molecule has 2 N–H and O–H groups in total. The van der Waals surface area contributed by atoms with E-state index in [-0.39, 0.29) is 17.5 Å². The molecule has 8 heteroatoms. The van der Waals surface area contributed by atoms with Crippen LogP contribution >= 0.6 is 0 Å². The zero-order valence-corrected chi connectivity index (χ0v) is 15.0. The fourth-order valence-corrected chi connectivity index (χ4v) is 2.87. The monoisotopic (exact) mass is 343 g/mol. The standard InChI is InChI=1S/C15H25N3O4S/c1-6-23(20,21)10-11(2)17-12-7-8-13(16-9-12)18-14(19)22-15(3,4)5/h7-9,11,17H,6,10H2,1-5H3,(H,16,18,19). The van der Waals surface area contributed by atoms with E-state index >= 15 is 0 Å². The van der Waals surface area contributed by atoms with Crippen LogP contribution in [0.2, 0.25) is 0 Å². The number of amides is 1. The van der Waals surface area contributed by atoms with E-state index in [2.05, 4.69) is 15.6 Å². The summed E-state index contributed by atoms with van der Waals surface area (Å²) in [6.07, 6.45) is 0.954. The third-order valence-electron chi connectivity index (χ3n) is 2.75. The first kappa shape index (κ1) is 19.2. The molecule has 1 rings (SSSR count). The Bertz CT molecular complexity index is 621. The van der Waals surface area contributed by atoms with Crippen LogP contribution in [0.15, 0.2) is 18.3 Å². The van der Waals surface area contributed by atoms with E-state index in [1.54, 1.807) is 46.8 Å². The molecule has 1 amide bonds. The van der Waals surface area contributed by atoms with E-state index in [1.165, 1.54) is 6.20 Å². The zero-order valence-electron chi connectivity index (χ0n) is 14.2. The summed E-state index contributed by atoms with van der Waals surface area (Å²) in [7, 11) is -3.04. The largest absolute Gasteiger partial charge is 0.444 e. The van der Waals surface area contributed by atoms with Crippen molar-refractivity contribution >= 4 is 27.4 Å². The van der Waals surface area contributed by atoms with E-state index in [0.717, 1.165) is 0 Å². The minimum atomic E-state index is -3.04. The minimum absolute atomic E-state index is 0.0570. The quantitative estimate of drug-likeness (QED) is 0.824. The van der Waals surface area contributed by atoms with Gasteiger partial charge in [-0.3, -0.25) is 5.32 Å². The predicted molar refractivity (Wildman–Crippen MR) is 91.5 cm³/mol. The van der Waals surface area contributed by atoms with Gasteiger partial charge in [-0.15, -0.1) is 0 Å². The number of aromatic nitrogens is 1. The Kier molecular flexibility index (Phi) is 6.37. The Hall–Kier alpha value is -1.83. The number of carbonyl (C=O) groups is 1. The number of ether oxygens (including phenoxy) is 1. The summed E-state index contributed by atoms with van der Waals surface area (Å²) >= 11 is 0. The highest BCUT2D eigenvalue weighted by molar-refractivity contribution is 7.91. The van der Waals surface area contributed by atoms with Crippen LogP contribution in [0.4, 0.5) is 16.3 Å². The van der Waals surface area contributed by atoms with Gasteiger partial charge in [-0.25, -0.2) is 18.2 Å². The second kappa shape index (κ2) is 7.63. The van der Waals surface area contributed by atoms with E-state index in [1.807, 2.05) is 0 Å². The highest BCUT2D eigenvalue weighted by Gasteiger charge is 2.17. The molecule has 0 bridgehead atoms. The molecular weight excluding hydrogens is 318 g/mol. The van der Waals surface area contributed by atoms with Gasteiger partial charge in [0.25, 0.3) is 0 Å². The summed E-state index contributed by atoms with van der Waals surface area (Å²) in [5, 5.41) is 5.60. The van der Waals surface area contributed by atoms with Crippen molar-refractivity contribution in [2.45, 2.75) is 46.3 Å². The normalized spacial score (nSPS) is 13.3. The van der Waals surface area contributed by atoms with Gasteiger partial charge in [0.2, 0.25) is 0 Å². The summed E-state index contributed by atoms with van der Waals surface area (Å²) in [6, 6.07) is 3.11. The Morgan fingerprint density at radius 3 is 2.48 bits per heavy atom. The number of nitrogens with zero attached hydrogens (tertiary/aromatic N) is 1. The highest BCUT2D eigenvalue weighted by atomic mass is 32.2. The van der Waals surface area contributed by atoms with Gasteiger partial charge in [-0.1, -0.05) is 6.92 Å². The topological polar surface area (TPSA) is 97.4 Å². The van der Waals surface area contributed by atoms with Gasteiger partial charge in [0.1, 0.15) is 11.4 Å². The molecule has 0 fully saturated rings. The molecule has 1 atom stereocenters. The molecule has 23 heavy (non-hydrogen) atoms. The van der Waals surface area contributed by atoms with Crippen molar-refractivity contribution in [1.82, 2.24) is 4.98 Å². The lowest BCUT2D eigenvalue weighted by Gasteiger charge is -2.19. The smallest absolute Gasteiger partial charge is 0.413 e. The Morgan fingerprint density at radius 1 is 1.35 bits per heavy atom. The fourth-order valence-electron chi connectivity index (χ4n) is 1.79. The number of pyridine rings is 1. The summed E-state index contributed by atoms with van der Waals surface area (Å²) in [5.74, 6) is 0.538. The van der Waals surface area contributed by atoms with Crippen molar-refractivity contribution < 1.29 is 17.9 Å². The summed E-state index contributed by atoms with van der Waals surface area (Å²) < 4.78 is 28.3. The van der Waals surface area contributed by atoms with E-state index in [0.29, 0.717) is 11.5 Å². The van der Waals surface area contributed by atoms with Crippen LogP contribution in [-0.2, 0) is 14.6 Å². The first-order chi connectivity index (χ1) is 10.5. The maximum absolute atomic E-state index is 11.6. The van der Waals surface area contributed by atoms with E-state index < -0.39 is 21.5 Å². The summed E-state index contributed by atoms with van der Waals surface area (Å²) in [5.41, 5.74) is 0.102. The molecule has 0 aliphatic carbocycles. The number of hydrogen-bond donors (Lipinski definition) is 2. The van der Waals surface area contributed by atoms with E-state index in [9.17, 15) is 13.2 Å². The number of carbonyl (C=O) groups excluding carboxylic acids is 1. The van der Waals surface area contributed by atoms with Crippen molar-refractivity contribution in [2.75, 3.05) is 22.1 Å². The molecule has 0 saturated heterocycles. The van der Waals surface area contributed by atoms with Crippen LogP contribution < -0.4 is 10.6 Å². The first-order valence-electron chi connectivity index (χ1n) is 7.44. The van der Waals surface area contributed by atoms with Gasteiger partial charge in [-0.2, -0.15) is 0 Å². The lowest BCUT2D eigenvalue weighted by Crippen LogP contribution is -2.28. The number of hydrogen-bond acceptors (Lipinski definition) is 6. The molecule has 0 saturated carbocycles. The average molecular weight is 343 g/mol. The maximum Gasteiger partial charge on any atom is 0.413 e. The van der Waals surface area contributed by atoms with Crippen molar-refractivity contribution in [3.05, 3.63) is 18.3 Å². The SMILES string of the molecule is CCS(=O)(=O)CC(C)Nc1ccc(NC(=O)OC(C)(C)C)nc1. The molecule has 1 heterocycles. The molecule has 0 aliphatic heterocycles. The molecule has 130 valence electrons. The summed E-state index contributed by atoms with van der Waals surface area (Å²) in [4.78, 5) is 15.7. The van der Waals surface area contributed by atoms with E-state index in [4.69, 9.17) is 4.74 Å². The number of rotatable bonds is 6. The molecule has 1 aromatic heterocycles. The van der Waals surface area contributed by atoms with Crippen molar-refractivity contribution in [1.29, 1.82) is 0 Å². The van der Waals surface area contributed by atoms with Gasteiger partial charge < -0.3 is 10.1 Å². The lowest BCUT2D eigenvalue weighted by atomic mass is 10.2. The molecule has 7 nitrogen and oxygen atoms in total. The Balaban J connectivity index is 2.58. The lowest BCUT2D eigenvalue weighted by molar-refractivity contribution is 0.0635. The van der Waals surface area contributed by atoms with Gasteiger partial charge in [-0.05, 0) is 39.8 Å². The molecule has 0 aliphatic rings. The average Bonchev–Trinajstić information content (AvgIpc) is 2.38.